The molecule has 0 radical (unpaired) electrons. The Bertz CT molecular complexity index is 689. The average Bonchev–Trinajstić information content (AvgIpc) is 2.96. The van der Waals surface area contributed by atoms with E-state index in [9.17, 15) is 5.11 Å². The molecule has 25 heavy (non-hydrogen) atoms. The lowest BCUT2D eigenvalue weighted by Crippen LogP contribution is -2.34. The molecule has 1 aliphatic rings. The molecule has 2 N–H and O–H groups in total. The summed E-state index contributed by atoms with van der Waals surface area (Å²) in [6.45, 7) is 7.72. The van der Waals surface area contributed by atoms with Crippen LogP contribution in [0, 0.1) is 12.8 Å². The lowest BCUT2D eigenvalue weighted by atomic mass is 9.97. The Kier molecular flexibility index (Phi) is 5.76. The first-order valence-electron chi connectivity index (χ1n) is 9.24. The van der Waals surface area contributed by atoms with Gasteiger partial charge in [0.15, 0.2) is 0 Å². The first kappa shape index (κ1) is 18.0. The molecule has 0 saturated carbocycles. The van der Waals surface area contributed by atoms with Crippen molar-refractivity contribution in [1.82, 2.24) is 14.7 Å². The Morgan fingerprint density at radius 2 is 2.00 bits per heavy atom. The van der Waals surface area contributed by atoms with Gasteiger partial charge >= 0.3 is 0 Å². The monoisotopic (exact) mass is 342 g/mol. The van der Waals surface area contributed by atoms with Gasteiger partial charge in [-0.15, -0.1) is 0 Å². The molecule has 2 aromatic rings. The van der Waals surface area contributed by atoms with Crippen molar-refractivity contribution in [2.45, 2.75) is 39.3 Å². The Hall–Kier alpha value is -1.85. The number of benzene rings is 1. The molecule has 1 unspecified atom stereocenters. The van der Waals surface area contributed by atoms with Crippen LogP contribution in [-0.4, -0.2) is 39.5 Å². The number of hydrogen-bond acceptors (Lipinski definition) is 4. The quantitative estimate of drug-likeness (QED) is 0.847. The molecular weight excluding hydrogens is 312 g/mol. The predicted molar refractivity (Wildman–Crippen MR) is 102 cm³/mol. The second-order valence-electron chi connectivity index (χ2n) is 7.23. The minimum Gasteiger partial charge on any atom is -0.396 e. The summed E-state index contributed by atoms with van der Waals surface area (Å²) in [6.07, 6.45) is 4.14. The molecule has 136 valence electrons. The highest BCUT2D eigenvalue weighted by atomic mass is 16.3. The summed E-state index contributed by atoms with van der Waals surface area (Å²) < 4.78 is 1.92. The van der Waals surface area contributed by atoms with Crippen molar-refractivity contribution >= 4 is 5.69 Å². The van der Waals surface area contributed by atoms with Crippen LogP contribution in [0.4, 0.5) is 5.69 Å². The molecule has 0 bridgehead atoms. The third kappa shape index (κ3) is 4.22. The molecule has 0 spiro atoms. The van der Waals surface area contributed by atoms with Crippen LogP contribution in [0.15, 0.2) is 30.5 Å². The average molecular weight is 342 g/mol. The number of hydrogen-bond donors (Lipinski definition) is 2. The summed E-state index contributed by atoms with van der Waals surface area (Å²) in [4.78, 5) is 2.49. The van der Waals surface area contributed by atoms with E-state index in [2.05, 4.69) is 53.4 Å². The third-order valence-electron chi connectivity index (χ3n) is 5.49. The lowest BCUT2D eigenvalue weighted by Gasteiger charge is -2.31. The van der Waals surface area contributed by atoms with E-state index in [1.807, 2.05) is 17.9 Å². The number of para-hydroxylation sites is 1. The molecule has 0 amide bonds. The van der Waals surface area contributed by atoms with Crippen molar-refractivity contribution in [2.75, 3.05) is 25.0 Å². The summed E-state index contributed by atoms with van der Waals surface area (Å²) in [5.74, 6) is 0.484. The molecule has 5 nitrogen and oxygen atoms in total. The van der Waals surface area contributed by atoms with E-state index in [4.69, 9.17) is 0 Å². The van der Waals surface area contributed by atoms with Gasteiger partial charge in [0.25, 0.3) is 0 Å². The zero-order valence-corrected chi connectivity index (χ0v) is 15.6. The van der Waals surface area contributed by atoms with Crippen LogP contribution in [0.1, 0.15) is 42.6 Å². The molecule has 3 rings (SSSR count). The van der Waals surface area contributed by atoms with Gasteiger partial charge in [-0.25, -0.2) is 0 Å². The van der Waals surface area contributed by atoms with Crippen molar-refractivity contribution in [3.05, 3.63) is 47.3 Å². The largest absolute Gasteiger partial charge is 0.396 e. The summed E-state index contributed by atoms with van der Waals surface area (Å²) >= 11 is 0. The highest BCUT2D eigenvalue weighted by Crippen LogP contribution is 2.26. The number of aliphatic hydroxyl groups excluding tert-OH is 1. The van der Waals surface area contributed by atoms with Crippen LogP contribution < -0.4 is 5.32 Å². The molecule has 1 aromatic carbocycles. The van der Waals surface area contributed by atoms with E-state index < -0.39 is 0 Å². The van der Waals surface area contributed by atoms with Crippen LogP contribution in [0.5, 0.6) is 0 Å². The number of anilines is 1. The predicted octanol–water partition coefficient (Wildman–Crippen LogP) is 3.11. The van der Waals surface area contributed by atoms with Gasteiger partial charge in [0.1, 0.15) is 0 Å². The summed E-state index contributed by atoms with van der Waals surface area (Å²) in [5.41, 5.74) is 4.96. The number of rotatable bonds is 6. The topological polar surface area (TPSA) is 53.3 Å². The number of likely N-dealkylation sites (tertiary alicyclic amines) is 1. The molecule has 1 aromatic heterocycles. The van der Waals surface area contributed by atoms with E-state index >= 15 is 0 Å². The number of piperidine rings is 1. The van der Waals surface area contributed by atoms with E-state index in [0.29, 0.717) is 12.5 Å². The second-order valence-corrected chi connectivity index (χ2v) is 7.23. The van der Waals surface area contributed by atoms with Gasteiger partial charge < -0.3 is 10.4 Å². The van der Waals surface area contributed by atoms with E-state index in [1.54, 1.807) is 0 Å². The summed E-state index contributed by atoms with van der Waals surface area (Å²) in [7, 11) is 1.98. The maximum atomic E-state index is 9.31. The lowest BCUT2D eigenvalue weighted by molar-refractivity contribution is 0.127. The van der Waals surface area contributed by atoms with Crippen molar-refractivity contribution in [1.29, 1.82) is 0 Å². The van der Waals surface area contributed by atoms with Crippen molar-refractivity contribution in [3.63, 3.8) is 0 Å². The Morgan fingerprint density at radius 3 is 2.64 bits per heavy atom. The van der Waals surface area contributed by atoms with Crippen LogP contribution in [0.2, 0.25) is 0 Å². The molecular formula is C20H30N4O. The second kappa shape index (κ2) is 8.02. The molecule has 1 saturated heterocycles. The fraction of sp³-hybridized carbons (Fsp3) is 0.550. The zero-order valence-electron chi connectivity index (χ0n) is 15.6. The number of aromatic nitrogens is 2. The minimum absolute atomic E-state index is 0.218. The van der Waals surface area contributed by atoms with Gasteiger partial charge in [-0.05, 0) is 57.3 Å². The normalized spacial score (nSPS) is 17.6. The van der Waals surface area contributed by atoms with E-state index in [1.165, 1.54) is 22.5 Å². The smallest absolute Gasteiger partial charge is 0.0545 e. The Morgan fingerprint density at radius 1 is 1.28 bits per heavy atom. The van der Waals surface area contributed by atoms with E-state index in [-0.39, 0.29) is 6.04 Å². The molecule has 2 heterocycles. The highest BCUT2D eigenvalue weighted by molar-refractivity contribution is 5.52. The van der Waals surface area contributed by atoms with Crippen molar-refractivity contribution < 1.29 is 5.11 Å². The van der Waals surface area contributed by atoms with Gasteiger partial charge in [0.05, 0.1) is 12.2 Å². The zero-order chi connectivity index (χ0) is 17.8. The number of nitrogens with one attached hydrogen (secondary N) is 1. The Balaban J connectivity index is 1.68. The number of aliphatic hydroxyl groups is 1. The van der Waals surface area contributed by atoms with Crippen LogP contribution in [0.3, 0.4) is 0 Å². The van der Waals surface area contributed by atoms with Gasteiger partial charge in [0, 0.05) is 37.1 Å². The first-order valence-corrected chi connectivity index (χ1v) is 9.24. The number of nitrogens with zero attached hydrogens (tertiary/aromatic N) is 3. The first-order chi connectivity index (χ1) is 12.1. The van der Waals surface area contributed by atoms with Gasteiger partial charge in [-0.2, -0.15) is 5.10 Å². The maximum absolute atomic E-state index is 9.31. The summed E-state index contributed by atoms with van der Waals surface area (Å²) in [5, 5.41) is 17.3. The van der Waals surface area contributed by atoms with Gasteiger partial charge in [0.2, 0.25) is 0 Å². The third-order valence-corrected chi connectivity index (χ3v) is 5.49. The molecule has 1 fully saturated rings. The number of aryl methyl sites for hydroxylation is 1. The van der Waals surface area contributed by atoms with Crippen LogP contribution in [0.25, 0.3) is 0 Å². The minimum atomic E-state index is 0.218. The fourth-order valence-electron chi connectivity index (χ4n) is 3.62. The fourth-order valence-corrected chi connectivity index (χ4v) is 3.62. The highest BCUT2D eigenvalue weighted by Gasteiger charge is 2.20. The SMILES string of the molecule is Cc1c(C(C)Nc2ccccc2CN2CCC(CO)CC2)cnn1C. The molecule has 5 heteroatoms. The van der Waals surface area contributed by atoms with E-state index in [0.717, 1.165) is 32.5 Å². The summed E-state index contributed by atoms with van der Waals surface area (Å²) in [6, 6.07) is 8.80. The van der Waals surface area contributed by atoms with Gasteiger partial charge in [-0.1, -0.05) is 18.2 Å². The van der Waals surface area contributed by atoms with Crippen LogP contribution in [-0.2, 0) is 13.6 Å². The van der Waals surface area contributed by atoms with Crippen LogP contribution >= 0.6 is 0 Å². The molecule has 0 aliphatic carbocycles. The van der Waals surface area contributed by atoms with Gasteiger partial charge in [-0.3, -0.25) is 9.58 Å². The molecule has 1 aliphatic heterocycles. The standard InChI is InChI=1S/C20H30N4O/c1-15(19-12-21-23(3)16(19)2)22-20-7-5-4-6-18(20)13-24-10-8-17(14-25)9-11-24/h4-7,12,15,17,22,25H,8-11,13-14H2,1-3H3. The Labute approximate surface area is 150 Å². The molecule has 1 atom stereocenters. The van der Waals surface area contributed by atoms with Crippen molar-refractivity contribution in [3.8, 4) is 0 Å². The maximum Gasteiger partial charge on any atom is 0.0545 e. The van der Waals surface area contributed by atoms with Crippen molar-refractivity contribution in [2.24, 2.45) is 13.0 Å².